The first-order valence-electron chi connectivity index (χ1n) is 13.7. The fourth-order valence-electron chi connectivity index (χ4n) is 5.15. The monoisotopic (exact) mass is 541 g/mol. The molecule has 1 N–H and O–H groups in total. The van der Waals surface area contributed by atoms with Gasteiger partial charge in [-0.3, -0.25) is 13.9 Å². The quantitative estimate of drug-likeness (QED) is 0.433. The summed E-state index contributed by atoms with van der Waals surface area (Å²) in [5.41, 5.74) is 4.60. The van der Waals surface area contributed by atoms with Crippen molar-refractivity contribution in [3.63, 3.8) is 0 Å². The maximum Gasteiger partial charge on any atom is 0.242 e. The summed E-state index contributed by atoms with van der Waals surface area (Å²) >= 11 is 0. The molecule has 0 unspecified atom stereocenters. The molecule has 1 aliphatic rings. The number of carbonyl (C=O) groups is 2. The molecule has 0 aromatic heterocycles. The Morgan fingerprint density at radius 1 is 1.03 bits per heavy atom. The highest BCUT2D eigenvalue weighted by Crippen LogP contribution is 2.26. The van der Waals surface area contributed by atoms with Crippen molar-refractivity contribution in [3.8, 4) is 0 Å². The highest BCUT2D eigenvalue weighted by molar-refractivity contribution is 7.92. The maximum absolute atomic E-state index is 13.5. The predicted octanol–water partition coefficient (Wildman–Crippen LogP) is 5.02. The zero-order chi connectivity index (χ0) is 27.9. The number of benzene rings is 2. The van der Waals surface area contributed by atoms with Crippen LogP contribution in [0.25, 0.3) is 0 Å². The molecule has 0 spiro atoms. The Bertz CT molecular complexity index is 1220. The van der Waals surface area contributed by atoms with Gasteiger partial charge in [0.05, 0.1) is 11.9 Å². The molecule has 2 aromatic carbocycles. The maximum atomic E-state index is 13.5. The van der Waals surface area contributed by atoms with Crippen LogP contribution in [0, 0.1) is 20.8 Å². The molecular weight excluding hydrogens is 498 g/mol. The van der Waals surface area contributed by atoms with Gasteiger partial charge in [0, 0.05) is 25.6 Å². The summed E-state index contributed by atoms with van der Waals surface area (Å²) in [6, 6.07) is 13.1. The molecule has 8 heteroatoms. The van der Waals surface area contributed by atoms with Gasteiger partial charge in [0.2, 0.25) is 21.8 Å². The molecule has 7 nitrogen and oxygen atoms in total. The number of sulfonamides is 1. The van der Waals surface area contributed by atoms with Crippen LogP contribution >= 0.6 is 0 Å². The number of carbonyl (C=O) groups excluding carboxylic acids is 2. The van der Waals surface area contributed by atoms with E-state index >= 15 is 0 Å². The smallest absolute Gasteiger partial charge is 0.242 e. The van der Waals surface area contributed by atoms with Gasteiger partial charge in [-0.05, 0) is 69.7 Å². The first-order valence-corrected chi connectivity index (χ1v) is 15.5. The average Bonchev–Trinajstić information content (AvgIpc) is 2.86. The molecule has 38 heavy (non-hydrogen) atoms. The van der Waals surface area contributed by atoms with Crippen LogP contribution in [0.1, 0.15) is 74.1 Å². The van der Waals surface area contributed by atoms with Crippen LogP contribution in [-0.2, 0) is 26.2 Å². The van der Waals surface area contributed by atoms with Gasteiger partial charge in [-0.2, -0.15) is 0 Å². The third-order valence-electron chi connectivity index (χ3n) is 7.55. The highest BCUT2D eigenvalue weighted by atomic mass is 32.2. The second-order valence-corrected chi connectivity index (χ2v) is 12.6. The zero-order valence-electron chi connectivity index (χ0n) is 23.5. The largest absolute Gasteiger partial charge is 0.352 e. The van der Waals surface area contributed by atoms with Crippen LogP contribution in [-0.4, -0.2) is 50.0 Å². The second-order valence-electron chi connectivity index (χ2n) is 10.7. The van der Waals surface area contributed by atoms with Crippen LogP contribution in [0.5, 0.6) is 0 Å². The van der Waals surface area contributed by atoms with E-state index in [0.717, 1.165) is 47.9 Å². The van der Waals surface area contributed by atoms with E-state index in [-0.39, 0.29) is 30.8 Å². The van der Waals surface area contributed by atoms with Crippen LogP contribution in [0.15, 0.2) is 42.5 Å². The summed E-state index contributed by atoms with van der Waals surface area (Å²) in [6.07, 6.45) is 7.06. The standard InChI is InChI=1S/C30H43N3O4S/c1-22-12-9-14-26(20-22)21-32(25(4)30(35)31-27-15-7-6-8-16-27)29(34)18-11-19-33(38(5,36)37)28-17-10-13-23(2)24(28)3/h9-10,12-14,17,20,25,27H,6-8,11,15-16,18-19,21H2,1-5H3,(H,31,35)/t25-/m1/s1. The first-order chi connectivity index (χ1) is 18.0. The van der Waals surface area contributed by atoms with E-state index in [4.69, 9.17) is 0 Å². The number of amides is 2. The van der Waals surface area contributed by atoms with Crippen molar-refractivity contribution < 1.29 is 18.0 Å². The van der Waals surface area contributed by atoms with E-state index in [0.29, 0.717) is 18.7 Å². The van der Waals surface area contributed by atoms with E-state index < -0.39 is 16.1 Å². The second kappa shape index (κ2) is 13.3. The number of aryl methyl sites for hydroxylation is 2. The molecule has 0 heterocycles. The van der Waals surface area contributed by atoms with Crippen molar-refractivity contribution in [2.45, 2.75) is 91.3 Å². The third-order valence-corrected chi connectivity index (χ3v) is 8.73. The molecule has 0 aliphatic heterocycles. The Labute approximate surface area is 228 Å². The van der Waals surface area contributed by atoms with Crippen LogP contribution in [0.4, 0.5) is 5.69 Å². The number of rotatable bonds is 11. The highest BCUT2D eigenvalue weighted by Gasteiger charge is 2.28. The van der Waals surface area contributed by atoms with E-state index in [1.165, 1.54) is 17.0 Å². The van der Waals surface area contributed by atoms with Gasteiger partial charge in [0.15, 0.2) is 0 Å². The molecule has 1 fully saturated rings. The zero-order valence-corrected chi connectivity index (χ0v) is 24.3. The molecule has 1 saturated carbocycles. The summed E-state index contributed by atoms with van der Waals surface area (Å²) in [4.78, 5) is 28.4. The summed E-state index contributed by atoms with van der Waals surface area (Å²) < 4.78 is 26.7. The lowest BCUT2D eigenvalue weighted by Crippen LogP contribution is -2.50. The first kappa shape index (κ1) is 29.7. The van der Waals surface area contributed by atoms with E-state index in [2.05, 4.69) is 5.32 Å². The Kier molecular flexibility index (Phi) is 10.4. The van der Waals surface area contributed by atoms with Crippen molar-refractivity contribution >= 4 is 27.5 Å². The van der Waals surface area contributed by atoms with Crippen molar-refractivity contribution in [1.82, 2.24) is 10.2 Å². The number of nitrogens with zero attached hydrogens (tertiary/aromatic N) is 2. The summed E-state index contributed by atoms with van der Waals surface area (Å²) in [7, 11) is -3.53. The average molecular weight is 542 g/mol. The van der Waals surface area contributed by atoms with Gasteiger partial charge in [-0.1, -0.05) is 61.2 Å². The van der Waals surface area contributed by atoms with E-state index in [1.807, 2.05) is 57.2 Å². The Hall–Kier alpha value is -2.87. The molecule has 2 amide bonds. The number of hydrogen-bond donors (Lipinski definition) is 1. The molecule has 0 radical (unpaired) electrons. The van der Waals surface area contributed by atoms with Crippen LogP contribution in [0.3, 0.4) is 0 Å². The van der Waals surface area contributed by atoms with Gasteiger partial charge >= 0.3 is 0 Å². The minimum atomic E-state index is -3.53. The lowest BCUT2D eigenvalue weighted by atomic mass is 9.95. The van der Waals surface area contributed by atoms with Gasteiger partial charge < -0.3 is 10.2 Å². The molecule has 3 rings (SSSR count). The SMILES string of the molecule is Cc1cccc(CN(C(=O)CCCN(c2cccc(C)c2C)S(C)(=O)=O)[C@H](C)C(=O)NC2CCCCC2)c1. The third kappa shape index (κ3) is 8.06. The van der Waals surface area contributed by atoms with Gasteiger partial charge in [-0.15, -0.1) is 0 Å². The number of nitrogens with one attached hydrogen (secondary N) is 1. The van der Waals surface area contributed by atoms with Crippen molar-refractivity contribution in [3.05, 3.63) is 64.7 Å². The lowest BCUT2D eigenvalue weighted by molar-refractivity contribution is -0.141. The lowest BCUT2D eigenvalue weighted by Gasteiger charge is -2.31. The molecular formula is C30H43N3O4S. The molecule has 2 aromatic rings. The van der Waals surface area contributed by atoms with Crippen molar-refractivity contribution in [2.24, 2.45) is 0 Å². The van der Waals surface area contributed by atoms with Gasteiger partial charge in [0.1, 0.15) is 6.04 Å². The summed E-state index contributed by atoms with van der Waals surface area (Å²) in [5, 5.41) is 3.16. The topological polar surface area (TPSA) is 86.8 Å². The fraction of sp³-hybridized carbons (Fsp3) is 0.533. The Morgan fingerprint density at radius 3 is 2.37 bits per heavy atom. The predicted molar refractivity (Wildman–Crippen MR) is 154 cm³/mol. The van der Waals surface area contributed by atoms with E-state index in [9.17, 15) is 18.0 Å². The summed E-state index contributed by atoms with van der Waals surface area (Å²) in [5.74, 6) is -0.293. The normalized spacial score (nSPS) is 15.1. The molecule has 1 aliphatic carbocycles. The van der Waals surface area contributed by atoms with Crippen LogP contribution < -0.4 is 9.62 Å². The Balaban J connectivity index is 1.74. The van der Waals surface area contributed by atoms with Gasteiger partial charge in [-0.25, -0.2) is 8.42 Å². The van der Waals surface area contributed by atoms with Crippen molar-refractivity contribution in [2.75, 3.05) is 17.1 Å². The molecule has 1 atom stereocenters. The van der Waals surface area contributed by atoms with E-state index in [1.54, 1.807) is 17.9 Å². The fourth-order valence-corrected chi connectivity index (χ4v) is 6.16. The molecule has 208 valence electrons. The Morgan fingerprint density at radius 2 is 1.71 bits per heavy atom. The minimum Gasteiger partial charge on any atom is -0.352 e. The number of anilines is 1. The number of hydrogen-bond acceptors (Lipinski definition) is 4. The van der Waals surface area contributed by atoms with Gasteiger partial charge in [0.25, 0.3) is 0 Å². The molecule has 0 saturated heterocycles. The van der Waals surface area contributed by atoms with Crippen molar-refractivity contribution in [1.29, 1.82) is 0 Å². The minimum absolute atomic E-state index is 0.133. The summed E-state index contributed by atoms with van der Waals surface area (Å²) in [6.45, 7) is 8.16. The molecule has 0 bridgehead atoms. The van der Waals surface area contributed by atoms with Crippen LogP contribution in [0.2, 0.25) is 0 Å².